The average molecular weight is 591 g/mol. The highest BCUT2D eigenvalue weighted by Gasteiger charge is 2.21. The Kier molecular flexibility index (Phi) is 8.15. The van der Waals surface area contributed by atoms with Crippen LogP contribution in [0.3, 0.4) is 0 Å². The number of thioether (sulfide) groups is 1. The number of carbonyl (C=O) groups is 1. The molecule has 202 valence electrons. The summed E-state index contributed by atoms with van der Waals surface area (Å²) in [5.41, 5.74) is 4.09. The number of sulfonamides is 1. The molecule has 3 N–H and O–H groups in total. The van der Waals surface area contributed by atoms with Gasteiger partial charge in [-0.15, -0.1) is 10.2 Å². The Bertz CT molecular complexity index is 1660. The number of H-pyrrole nitrogens is 1. The summed E-state index contributed by atoms with van der Waals surface area (Å²) in [7, 11) is -3.90. The van der Waals surface area contributed by atoms with Gasteiger partial charge in [0.1, 0.15) is 0 Å². The second-order valence-corrected chi connectivity index (χ2v) is 12.0. The van der Waals surface area contributed by atoms with Crippen LogP contribution in [-0.4, -0.2) is 39.7 Å². The van der Waals surface area contributed by atoms with Gasteiger partial charge in [-0.3, -0.25) is 9.52 Å². The maximum Gasteiger partial charge on any atom is 0.263 e. The summed E-state index contributed by atoms with van der Waals surface area (Å²) in [6, 6.07) is 28.4. The molecule has 0 spiro atoms. The zero-order chi connectivity index (χ0) is 28.1. The minimum Gasteiger partial charge on any atom is -0.332 e. The molecule has 40 heavy (non-hydrogen) atoms. The predicted molar refractivity (Wildman–Crippen MR) is 158 cm³/mol. The summed E-state index contributed by atoms with van der Waals surface area (Å²) < 4.78 is 27.6. The molecular formula is C28H23ClN6O3S2. The second kappa shape index (κ2) is 11.9. The lowest BCUT2D eigenvalue weighted by atomic mass is 10.1. The molecule has 0 aliphatic heterocycles. The van der Waals surface area contributed by atoms with Crippen molar-refractivity contribution in [2.45, 2.75) is 22.2 Å². The monoisotopic (exact) mass is 590 g/mol. The van der Waals surface area contributed by atoms with Crippen molar-refractivity contribution in [3.63, 3.8) is 0 Å². The molecule has 5 rings (SSSR count). The molecule has 0 bridgehead atoms. The van der Waals surface area contributed by atoms with Gasteiger partial charge in [0.25, 0.3) is 10.0 Å². The highest BCUT2D eigenvalue weighted by molar-refractivity contribution is 8.00. The van der Waals surface area contributed by atoms with E-state index in [1.54, 1.807) is 6.92 Å². The largest absolute Gasteiger partial charge is 0.332 e. The first-order chi connectivity index (χ1) is 19.3. The second-order valence-electron chi connectivity index (χ2n) is 8.62. The quantitative estimate of drug-likeness (QED) is 0.177. The molecule has 0 aliphatic carbocycles. The van der Waals surface area contributed by atoms with Gasteiger partial charge in [-0.25, -0.2) is 13.4 Å². The Labute approximate surface area is 240 Å². The van der Waals surface area contributed by atoms with Gasteiger partial charge in [0, 0.05) is 16.8 Å². The van der Waals surface area contributed by atoms with Crippen LogP contribution in [0.4, 0.5) is 11.5 Å². The van der Waals surface area contributed by atoms with Crippen molar-refractivity contribution < 1.29 is 13.2 Å². The van der Waals surface area contributed by atoms with E-state index >= 15 is 0 Å². The van der Waals surface area contributed by atoms with Gasteiger partial charge >= 0.3 is 0 Å². The summed E-state index contributed by atoms with van der Waals surface area (Å²) in [4.78, 5) is 21.1. The number of aromatic amines is 1. The molecule has 0 radical (unpaired) electrons. The summed E-state index contributed by atoms with van der Waals surface area (Å²) >= 11 is 6.99. The zero-order valence-corrected chi connectivity index (χ0v) is 23.5. The number of aromatic nitrogens is 4. The van der Waals surface area contributed by atoms with Gasteiger partial charge in [-0.2, -0.15) is 0 Å². The first-order valence-electron chi connectivity index (χ1n) is 12.1. The number of benzene rings is 3. The van der Waals surface area contributed by atoms with E-state index in [9.17, 15) is 13.2 Å². The SMILES string of the molecule is CC(Sc1nc(-c2ccccc2)c(-c2ccccc2)[nH]1)C(=O)Nc1ccc(S(=O)(=O)Nc2ccc(Cl)nn2)cc1. The number of imidazole rings is 1. The number of amides is 1. The molecule has 3 aromatic carbocycles. The highest BCUT2D eigenvalue weighted by atomic mass is 35.5. The van der Waals surface area contributed by atoms with Gasteiger partial charge in [0.2, 0.25) is 5.91 Å². The van der Waals surface area contributed by atoms with E-state index in [2.05, 4.69) is 25.2 Å². The molecule has 2 heterocycles. The average Bonchev–Trinajstić information content (AvgIpc) is 3.39. The van der Waals surface area contributed by atoms with Crippen LogP contribution in [0.15, 0.2) is 107 Å². The lowest BCUT2D eigenvalue weighted by molar-refractivity contribution is -0.115. The van der Waals surface area contributed by atoms with Crippen LogP contribution in [0, 0.1) is 0 Å². The lowest BCUT2D eigenvalue weighted by Gasteiger charge is -2.11. The number of hydrogen-bond donors (Lipinski definition) is 3. The van der Waals surface area contributed by atoms with Gasteiger partial charge in [-0.1, -0.05) is 84.0 Å². The van der Waals surface area contributed by atoms with Gasteiger partial charge in [0.05, 0.1) is 21.5 Å². The Morgan fingerprint density at radius 2 is 1.52 bits per heavy atom. The van der Waals surface area contributed by atoms with Gasteiger partial charge in [0.15, 0.2) is 16.1 Å². The first kappa shape index (κ1) is 27.4. The van der Waals surface area contributed by atoms with E-state index in [4.69, 9.17) is 16.6 Å². The van der Waals surface area contributed by atoms with Crippen molar-refractivity contribution in [2.75, 3.05) is 10.0 Å². The first-order valence-corrected chi connectivity index (χ1v) is 14.8. The molecule has 1 amide bonds. The standard InChI is InChI=1S/C28H23ClN6O3S2/c1-18(39-28-31-25(19-8-4-2-5-9-19)26(32-28)20-10-6-3-7-11-20)27(36)30-21-12-14-22(15-13-21)40(37,38)35-24-17-16-23(29)33-34-24/h2-18H,1H3,(H,30,36)(H,31,32)(H,34,35). The van der Waals surface area contributed by atoms with Crippen LogP contribution >= 0.6 is 23.4 Å². The van der Waals surface area contributed by atoms with E-state index in [-0.39, 0.29) is 21.8 Å². The third-order valence-electron chi connectivity index (χ3n) is 5.75. The van der Waals surface area contributed by atoms with Crippen LogP contribution in [-0.2, 0) is 14.8 Å². The fraction of sp³-hybridized carbons (Fsp3) is 0.0714. The summed E-state index contributed by atoms with van der Waals surface area (Å²) in [5.74, 6) is -0.217. The molecule has 0 saturated heterocycles. The summed E-state index contributed by atoms with van der Waals surface area (Å²) in [6.45, 7) is 1.78. The van der Waals surface area contributed by atoms with Crippen LogP contribution in [0.5, 0.6) is 0 Å². The molecular weight excluding hydrogens is 568 g/mol. The zero-order valence-electron chi connectivity index (χ0n) is 21.1. The molecule has 2 aromatic heterocycles. The maximum absolute atomic E-state index is 13.0. The number of anilines is 2. The Morgan fingerprint density at radius 3 is 2.15 bits per heavy atom. The van der Waals surface area contributed by atoms with Crippen molar-refractivity contribution in [3.05, 3.63) is 102 Å². The van der Waals surface area contributed by atoms with Crippen molar-refractivity contribution in [1.82, 2.24) is 20.2 Å². The number of nitrogens with one attached hydrogen (secondary N) is 3. The third-order valence-corrected chi connectivity index (χ3v) is 8.31. The molecule has 1 atom stereocenters. The van der Waals surface area contributed by atoms with Crippen molar-refractivity contribution in [3.8, 4) is 22.5 Å². The Morgan fingerprint density at radius 1 is 0.875 bits per heavy atom. The number of halogens is 1. The molecule has 1 unspecified atom stereocenters. The number of carbonyl (C=O) groups excluding carboxylic acids is 1. The smallest absolute Gasteiger partial charge is 0.263 e. The number of hydrogen-bond acceptors (Lipinski definition) is 7. The molecule has 5 aromatic rings. The predicted octanol–water partition coefficient (Wildman–Crippen LogP) is 6.11. The molecule has 0 aliphatic rings. The molecule has 12 heteroatoms. The van der Waals surface area contributed by atoms with Gasteiger partial charge in [-0.05, 0) is 43.3 Å². The Balaban J connectivity index is 1.27. The highest BCUT2D eigenvalue weighted by Crippen LogP contribution is 2.34. The fourth-order valence-electron chi connectivity index (χ4n) is 3.78. The van der Waals surface area contributed by atoms with Crippen LogP contribution in [0.1, 0.15) is 6.92 Å². The molecule has 0 saturated carbocycles. The van der Waals surface area contributed by atoms with E-state index in [0.717, 1.165) is 22.5 Å². The minimum atomic E-state index is -3.90. The topological polar surface area (TPSA) is 130 Å². The van der Waals surface area contributed by atoms with E-state index < -0.39 is 15.3 Å². The van der Waals surface area contributed by atoms with Crippen LogP contribution in [0.25, 0.3) is 22.5 Å². The maximum atomic E-state index is 13.0. The van der Waals surface area contributed by atoms with E-state index in [1.165, 1.54) is 48.2 Å². The summed E-state index contributed by atoms with van der Waals surface area (Å²) in [6.07, 6.45) is 0. The van der Waals surface area contributed by atoms with E-state index in [0.29, 0.717) is 10.8 Å². The fourth-order valence-corrected chi connectivity index (χ4v) is 5.68. The van der Waals surface area contributed by atoms with Crippen molar-refractivity contribution in [2.24, 2.45) is 0 Å². The van der Waals surface area contributed by atoms with Crippen molar-refractivity contribution >= 4 is 50.8 Å². The normalized spacial score (nSPS) is 12.1. The lowest BCUT2D eigenvalue weighted by Crippen LogP contribution is -2.22. The van der Waals surface area contributed by atoms with Gasteiger partial charge < -0.3 is 10.3 Å². The third kappa shape index (κ3) is 6.50. The van der Waals surface area contributed by atoms with Crippen LogP contribution in [0.2, 0.25) is 5.15 Å². The molecule has 9 nitrogen and oxygen atoms in total. The number of nitrogens with zero attached hydrogens (tertiary/aromatic N) is 3. The molecule has 0 fully saturated rings. The van der Waals surface area contributed by atoms with Crippen LogP contribution < -0.4 is 10.0 Å². The summed E-state index contributed by atoms with van der Waals surface area (Å²) in [5, 5.41) is 10.4. The minimum absolute atomic E-state index is 0.00198. The van der Waals surface area contributed by atoms with E-state index in [1.807, 2.05) is 60.7 Å². The Hall–Kier alpha value is -4.19. The van der Waals surface area contributed by atoms with Crippen molar-refractivity contribution in [1.29, 1.82) is 0 Å². The number of rotatable bonds is 9.